The Morgan fingerprint density at radius 1 is 1.40 bits per heavy atom. The topological polar surface area (TPSA) is 53.1 Å². The van der Waals surface area contributed by atoms with E-state index >= 15 is 0 Å². The number of rotatable bonds is 4. The van der Waals surface area contributed by atoms with E-state index in [1.807, 2.05) is 0 Å². The molecule has 0 unspecified atom stereocenters. The molecule has 0 spiro atoms. The van der Waals surface area contributed by atoms with E-state index in [0.29, 0.717) is 29.4 Å². The molecule has 0 atom stereocenters. The summed E-state index contributed by atoms with van der Waals surface area (Å²) in [5.74, 6) is 3.73. The summed E-state index contributed by atoms with van der Waals surface area (Å²) >= 11 is 0. The Balaban J connectivity index is 2.33. The van der Waals surface area contributed by atoms with Crippen LogP contribution in [0.1, 0.15) is 5.82 Å². The van der Waals surface area contributed by atoms with Gasteiger partial charge in [0.2, 0.25) is 0 Å². The Bertz CT molecular complexity index is 642. The van der Waals surface area contributed by atoms with Crippen molar-refractivity contribution in [1.29, 1.82) is 0 Å². The SMILES string of the molecule is C#CCn1c(C)nc(-c2ccc(OC(F)F)cc2)c1N. The molecule has 0 radical (unpaired) electrons. The zero-order chi connectivity index (χ0) is 14.7. The van der Waals surface area contributed by atoms with Gasteiger partial charge in [-0.25, -0.2) is 4.98 Å². The van der Waals surface area contributed by atoms with Gasteiger partial charge in [0.1, 0.15) is 23.1 Å². The largest absolute Gasteiger partial charge is 0.435 e. The smallest absolute Gasteiger partial charge is 0.387 e. The molecule has 1 heterocycles. The number of nitrogens with two attached hydrogens (primary N) is 1. The normalized spacial score (nSPS) is 10.6. The molecule has 20 heavy (non-hydrogen) atoms. The highest BCUT2D eigenvalue weighted by molar-refractivity contribution is 5.71. The molecule has 2 N–H and O–H groups in total. The number of halogens is 2. The van der Waals surface area contributed by atoms with E-state index in [4.69, 9.17) is 12.2 Å². The average molecular weight is 277 g/mol. The van der Waals surface area contributed by atoms with Crippen molar-refractivity contribution in [2.45, 2.75) is 20.1 Å². The van der Waals surface area contributed by atoms with Crippen LogP contribution in [0.25, 0.3) is 11.3 Å². The van der Waals surface area contributed by atoms with Crippen LogP contribution in [0.15, 0.2) is 24.3 Å². The molecule has 104 valence electrons. The van der Waals surface area contributed by atoms with Crippen LogP contribution in [0.4, 0.5) is 14.6 Å². The summed E-state index contributed by atoms with van der Waals surface area (Å²) in [6, 6.07) is 6.12. The lowest BCUT2D eigenvalue weighted by atomic mass is 10.1. The number of anilines is 1. The van der Waals surface area contributed by atoms with Crippen LogP contribution < -0.4 is 10.5 Å². The summed E-state index contributed by atoms with van der Waals surface area (Å²) in [5, 5.41) is 0. The first-order chi connectivity index (χ1) is 9.52. The summed E-state index contributed by atoms with van der Waals surface area (Å²) in [7, 11) is 0. The van der Waals surface area contributed by atoms with Gasteiger partial charge in [0, 0.05) is 5.56 Å². The summed E-state index contributed by atoms with van der Waals surface area (Å²) < 4.78 is 30.1. The molecule has 6 heteroatoms. The van der Waals surface area contributed by atoms with Gasteiger partial charge in [-0.15, -0.1) is 6.42 Å². The molecular weight excluding hydrogens is 264 g/mol. The Morgan fingerprint density at radius 3 is 2.60 bits per heavy atom. The third-order valence-corrected chi connectivity index (χ3v) is 2.80. The first kappa shape index (κ1) is 13.9. The van der Waals surface area contributed by atoms with Crippen LogP contribution in [-0.2, 0) is 6.54 Å². The van der Waals surface area contributed by atoms with Gasteiger partial charge in [-0.1, -0.05) is 5.92 Å². The number of ether oxygens (including phenoxy) is 1. The zero-order valence-corrected chi connectivity index (χ0v) is 10.8. The number of terminal acetylenes is 1. The molecule has 0 aliphatic rings. The van der Waals surface area contributed by atoms with Crippen LogP contribution in [0.2, 0.25) is 0 Å². The molecule has 0 amide bonds. The fourth-order valence-corrected chi connectivity index (χ4v) is 1.88. The first-order valence-electron chi connectivity index (χ1n) is 5.84. The van der Waals surface area contributed by atoms with Crippen molar-refractivity contribution < 1.29 is 13.5 Å². The standard InChI is InChI=1S/C14H13F2N3O/c1-3-8-19-9(2)18-12(13(19)17)10-4-6-11(7-5-10)20-14(15)16/h1,4-7,14H,8,17H2,2H3. The Hall–Kier alpha value is -2.55. The van der Waals surface area contributed by atoms with Gasteiger partial charge >= 0.3 is 6.61 Å². The van der Waals surface area contributed by atoms with E-state index in [2.05, 4.69) is 15.6 Å². The molecule has 1 aromatic carbocycles. The van der Waals surface area contributed by atoms with Crippen molar-refractivity contribution in [3.8, 4) is 29.4 Å². The molecule has 0 fully saturated rings. The predicted molar refractivity (Wildman–Crippen MR) is 72.3 cm³/mol. The van der Waals surface area contributed by atoms with Gasteiger partial charge in [0.15, 0.2) is 0 Å². The molecule has 0 saturated carbocycles. The maximum Gasteiger partial charge on any atom is 0.387 e. The minimum atomic E-state index is -2.84. The average Bonchev–Trinajstić information content (AvgIpc) is 2.67. The highest BCUT2D eigenvalue weighted by atomic mass is 19.3. The van der Waals surface area contributed by atoms with E-state index in [9.17, 15) is 8.78 Å². The molecule has 0 saturated heterocycles. The second-order valence-corrected chi connectivity index (χ2v) is 4.09. The van der Waals surface area contributed by atoms with Crippen molar-refractivity contribution in [3.63, 3.8) is 0 Å². The van der Waals surface area contributed by atoms with Gasteiger partial charge in [-0.2, -0.15) is 8.78 Å². The number of nitrogen functional groups attached to an aromatic ring is 1. The van der Waals surface area contributed by atoms with Crippen molar-refractivity contribution >= 4 is 5.82 Å². The number of nitrogens with zero attached hydrogens (tertiary/aromatic N) is 2. The zero-order valence-electron chi connectivity index (χ0n) is 10.8. The van der Waals surface area contributed by atoms with E-state index in [1.165, 1.54) is 12.1 Å². The van der Waals surface area contributed by atoms with Gasteiger partial charge in [0.25, 0.3) is 0 Å². The number of aryl methyl sites for hydroxylation is 1. The van der Waals surface area contributed by atoms with Gasteiger partial charge in [-0.3, -0.25) is 0 Å². The highest BCUT2D eigenvalue weighted by Crippen LogP contribution is 2.28. The Kier molecular flexibility index (Phi) is 3.89. The third kappa shape index (κ3) is 2.72. The van der Waals surface area contributed by atoms with Crippen molar-refractivity contribution in [1.82, 2.24) is 9.55 Å². The number of hydrogen-bond donors (Lipinski definition) is 1. The first-order valence-corrected chi connectivity index (χ1v) is 5.84. The monoisotopic (exact) mass is 277 g/mol. The van der Waals surface area contributed by atoms with Crippen LogP contribution >= 0.6 is 0 Å². The third-order valence-electron chi connectivity index (χ3n) is 2.80. The molecule has 0 aliphatic heterocycles. The van der Waals surface area contributed by atoms with Gasteiger partial charge < -0.3 is 15.0 Å². The maximum atomic E-state index is 12.1. The second kappa shape index (κ2) is 5.61. The number of imidazole rings is 1. The predicted octanol–water partition coefficient (Wildman–Crippen LogP) is 2.68. The summed E-state index contributed by atoms with van der Waals surface area (Å²) in [6.45, 7) is -0.717. The molecule has 2 aromatic rings. The number of alkyl halides is 2. The van der Waals surface area contributed by atoms with E-state index in [1.54, 1.807) is 23.6 Å². The van der Waals surface area contributed by atoms with E-state index in [-0.39, 0.29) is 5.75 Å². The van der Waals surface area contributed by atoms with E-state index in [0.717, 1.165) is 0 Å². The number of hydrogen-bond acceptors (Lipinski definition) is 3. The Morgan fingerprint density at radius 2 is 2.05 bits per heavy atom. The fraction of sp³-hybridized carbons (Fsp3) is 0.214. The van der Waals surface area contributed by atoms with Gasteiger partial charge in [-0.05, 0) is 31.2 Å². The van der Waals surface area contributed by atoms with Crippen LogP contribution in [0.5, 0.6) is 5.75 Å². The molecule has 1 aromatic heterocycles. The lowest BCUT2D eigenvalue weighted by Gasteiger charge is -2.05. The van der Waals surface area contributed by atoms with Crippen molar-refractivity contribution in [3.05, 3.63) is 30.1 Å². The quantitative estimate of drug-likeness (QED) is 0.874. The summed E-state index contributed by atoms with van der Waals surface area (Å²) in [4.78, 5) is 4.34. The molecule has 0 bridgehead atoms. The molecule has 4 nitrogen and oxygen atoms in total. The lowest BCUT2D eigenvalue weighted by molar-refractivity contribution is -0.0498. The highest BCUT2D eigenvalue weighted by Gasteiger charge is 2.13. The van der Waals surface area contributed by atoms with E-state index < -0.39 is 6.61 Å². The van der Waals surface area contributed by atoms with Crippen LogP contribution in [0, 0.1) is 19.3 Å². The van der Waals surface area contributed by atoms with Crippen molar-refractivity contribution in [2.24, 2.45) is 0 Å². The lowest BCUT2D eigenvalue weighted by Crippen LogP contribution is -2.03. The number of benzene rings is 1. The second-order valence-electron chi connectivity index (χ2n) is 4.09. The minimum absolute atomic E-state index is 0.0853. The summed E-state index contributed by atoms with van der Waals surface area (Å²) in [6.07, 6.45) is 5.27. The number of aromatic nitrogens is 2. The van der Waals surface area contributed by atoms with Crippen molar-refractivity contribution in [2.75, 3.05) is 5.73 Å². The fourth-order valence-electron chi connectivity index (χ4n) is 1.88. The maximum absolute atomic E-state index is 12.1. The van der Waals surface area contributed by atoms with Gasteiger partial charge in [0.05, 0.1) is 6.54 Å². The molecular formula is C14H13F2N3O. The van der Waals surface area contributed by atoms with Crippen LogP contribution in [-0.4, -0.2) is 16.2 Å². The Labute approximate surface area is 115 Å². The van der Waals surface area contributed by atoms with Crippen LogP contribution in [0.3, 0.4) is 0 Å². The molecule has 2 rings (SSSR count). The molecule has 0 aliphatic carbocycles. The minimum Gasteiger partial charge on any atom is -0.435 e. The summed E-state index contributed by atoms with van der Waals surface area (Å²) in [5.41, 5.74) is 7.28.